The summed E-state index contributed by atoms with van der Waals surface area (Å²) in [4.78, 5) is 0. The molecule has 0 aliphatic heterocycles. The molecule has 0 saturated heterocycles. The average Bonchev–Trinajstić information content (AvgIpc) is 2.28. The summed E-state index contributed by atoms with van der Waals surface area (Å²) >= 11 is 0. The molecule has 0 fully saturated rings. The molecule has 3 heteroatoms. The number of hydrogen-bond donors (Lipinski definition) is 1. The molecule has 0 amide bonds. The lowest BCUT2D eigenvalue weighted by molar-refractivity contribution is 0.329. The second-order valence-electron chi connectivity index (χ2n) is 6.29. The first-order valence-corrected chi connectivity index (χ1v) is 6.99. The molecule has 0 spiro atoms. The van der Waals surface area contributed by atoms with Crippen LogP contribution in [0.1, 0.15) is 46.1 Å². The molecule has 1 nitrogen and oxygen atoms in total. The Morgan fingerprint density at radius 2 is 1.89 bits per heavy atom. The Labute approximate surface area is 115 Å². The highest BCUT2D eigenvalue weighted by molar-refractivity contribution is 5.19. The van der Waals surface area contributed by atoms with Crippen molar-refractivity contribution in [3.63, 3.8) is 0 Å². The van der Waals surface area contributed by atoms with Crippen LogP contribution in [-0.2, 0) is 6.42 Å². The fraction of sp³-hybridized carbons (Fsp3) is 0.625. The topological polar surface area (TPSA) is 12.0 Å². The predicted molar refractivity (Wildman–Crippen MR) is 76.2 cm³/mol. The Kier molecular flexibility index (Phi) is 5.92. The third-order valence-corrected chi connectivity index (χ3v) is 3.22. The minimum absolute atomic E-state index is 0.240. The van der Waals surface area contributed by atoms with Gasteiger partial charge in [0.15, 0.2) is 0 Å². The zero-order chi connectivity index (χ0) is 14.5. The molecule has 0 aliphatic rings. The predicted octanol–water partition coefficient (Wildman–Crippen LogP) is 4.31. The van der Waals surface area contributed by atoms with Crippen LogP contribution in [0.15, 0.2) is 18.2 Å². The van der Waals surface area contributed by atoms with Gasteiger partial charge >= 0.3 is 0 Å². The van der Waals surface area contributed by atoms with E-state index < -0.39 is 11.6 Å². The quantitative estimate of drug-likeness (QED) is 0.811. The van der Waals surface area contributed by atoms with Crippen molar-refractivity contribution in [1.29, 1.82) is 0 Å². The van der Waals surface area contributed by atoms with Crippen LogP contribution in [0.2, 0.25) is 0 Å². The highest BCUT2D eigenvalue weighted by Gasteiger charge is 2.16. The fourth-order valence-corrected chi connectivity index (χ4v) is 2.12. The van der Waals surface area contributed by atoms with Gasteiger partial charge in [-0.2, -0.15) is 0 Å². The maximum atomic E-state index is 13.7. The number of halogens is 2. The summed E-state index contributed by atoms with van der Waals surface area (Å²) in [5.74, 6) is -0.963. The van der Waals surface area contributed by atoms with Crippen molar-refractivity contribution in [1.82, 2.24) is 5.32 Å². The minimum atomic E-state index is -0.518. The van der Waals surface area contributed by atoms with Gasteiger partial charge in [-0.1, -0.05) is 33.8 Å². The largest absolute Gasteiger partial charge is 0.314 e. The van der Waals surface area contributed by atoms with E-state index in [4.69, 9.17) is 0 Å². The van der Waals surface area contributed by atoms with Crippen molar-refractivity contribution in [3.8, 4) is 0 Å². The molecule has 1 atom stereocenters. The molecule has 108 valence electrons. The summed E-state index contributed by atoms with van der Waals surface area (Å²) < 4.78 is 26.5. The van der Waals surface area contributed by atoms with E-state index in [-0.39, 0.29) is 11.5 Å². The molecular formula is C16H25F2N. The van der Waals surface area contributed by atoms with E-state index in [2.05, 4.69) is 26.1 Å². The van der Waals surface area contributed by atoms with E-state index in [1.54, 1.807) is 6.07 Å². The van der Waals surface area contributed by atoms with Gasteiger partial charge in [0.2, 0.25) is 0 Å². The molecule has 0 heterocycles. The Balaban J connectivity index is 2.67. The highest BCUT2D eigenvalue weighted by atomic mass is 19.1. The van der Waals surface area contributed by atoms with E-state index in [1.807, 2.05) is 6.92 Å². The Morgan fingerprint density at radius 3 is 2.42 bits per heavy atom. The lowest BCUT2D eigenvalue weighted by Crippen LogP contribution is -2.32. The third kappa shape index (κ3) is 6.15. The van der Waals surface area contributed by atoms with Crippen LogP contribution in [0.3, 0.4) is 0 Å². The molecule has 1 aromatic rings. The van der Waals surface area contributed by atoms with Crippen molar-refractivity contribution in [2.24, 2.45) is 5.41 Å². The van der Waals surface area contributed by atoms with Gasteiger partial charge in [0.25, 0.3) is 0 Å². The van der Waals surface area contributed by atoms with Crippen molar-refractivity contribution >= 4 is 0 Å². The van der Waals surface area contributed by atoms with Gasteiger partial charge in [-0.25, -0.2) is 8.78 Å². The van der Waals surface area contributed by atoms with Gasteiger partial charge in [0.05, 0.1) is 0 Å². The number of nitrogens with one attached hydrogen (secondary N) is 1. The normalized spacial score (nSPS) is 13.6. The van der Waals surface area contributed by atoms with Gasteiger partial charge in [0.1, 0.15) is 11.6 Å². The standard InChI is InChI=1S/C16H25F2N/c1-5-19-14(8-9-16(2,3)4)10-12-6-7-13(17)11-15(12)18/h6-7,11,14,19H,5,8-10H2,1-4H3. The molecule has 0 radical (unpaired) electrons. The molecule has 1 unspecified atom stereocenters. The fourth-order valence-electron chi connectivity index (χ4n) is 2.12. The minimum Gasteiger partial charge on any atom is -0.314 e. The molecule has 1 aromatic carbocycles. The Bertz CT molecular complexity index is 396. The summed E-state index contributed by atoms with van der Waals surface area (Å²) in [5, 5.41) is 3.39. The first-order chi connectivity index (χ1) is 8.81. The summed E-state index contributed by atoms with van der Waals surface area (Å²) in [6, 6.07) is 4.07. The number of rotatable bonds is 6. The third-order valence-electron chi connectivity index (χ3n) is 3.22. The lowest BCUT2D eigenvalue weighted by Gasteiger charge is -2.24. The van der Waals surface area contributed by atoms with Crippen molar-refractivity contribution in [2.75, 3.05) is 6.54 Å². The summed E-state index contributed by atoms with van der Waals surface area (Å²) in [6.45, 7) is 9.51. The second kappa shape index (κ2) is 6.99. The number of benzene rings is 1. The molecule has 1 N–H and O–H groups in total. The Hall–Kier alpha value is -0.960. The van der Waals surface area contributed by atoms with Crippen molar-refractivity contribution < 1.29 is 8.78 Å². The number of likely N-dealkylation sites (N-methyl/N-ethyl adjacent to an activating group) is 1. The van der Waals surface area contributed by atoms with Gasteiger partial charge in [-0.3, -0.25) is 0 Å². The van der Waals surface area contributed by atoms with Gasteiger partial charge < -0.3 is 5.32 Å². The molecule has 19 heavy (non-hydrogen) atoms. The lowest BCUT2D eigenvalue weighted by atomic mass is 9.87. The molecule has 1 rings (SSSR count). The van der Waals surface area contributed by atoms with Crippen LogP contribution in [-0.4, -0.2) is 12.6 Å². The van der Waals surface area contributed by atoms with E-state index in [0.29, 0.717) is 12.0 Å². The monoisotopic (exact) mass is 269 g/mol. The Morgan fingerprint density at radius 1 is 1.21 bits per heavy atom. The van der Waals surface area contributed by atoms with Crippen molar-refractivity contribution in [3.05, 3.63) is 35.4 Å². The maximum absolute atomic E-state index is 13.7. The second-order valence-corrected chi connectivity index (χ2v) is 6.29. The van der Waals surface area contributed by atoms with Crippen LogP contribution in [0.4, 0.5) is 8.78 Å². The average molecular weight is 269 g/mol. The van der Waals surface area contributed by atoms with Crippen LogP contribution in [0, 0.1) is 17.0 Å². The van der Waals surface area contributed by atoms with Crippen LogP contribution in [0.5, 0.6) is 0 Å². The summed E-state index contributed by atoms with van der Waals surface area (Å²) in [5.41, 5.74) is 0.857. The molecular weight excluding hydrogens is 244 g/mol. The summed E-state index contributed by atoms with van der Waals surface area (Å²) in [7, 11) is 0. The SMILES string of the molecule is CCNC(CCC(C)(C)C)Cc1ccc(F)cc1F. The van der Waals surface area contributed by atoms with E-state index in [9.17, 15) is 8.78 Å². The van der Waals surface area contributed by atoms with Crippen LogP contribution >= 0.6 is 0 Å². The van der Waals surface area contributed by atoms with Gasteiger partial charge in [-0.05, 0) is 42.9 Å². The molecule has 0 aliphatic carbocycles. The first-order valence-electron chi connectivity index (χ1n) is 6.99. The van der Waals surface area contributed by atoms with Gasteiger partial charge in [-0.15, -0.1) is 0 Å². The molecule has 0 aromatic heterocycles. The van der Waals surface area contributed by atoms with E-state index in [0.717, 1.165) is 25.5 Å². The summed E-state index contributed by atoms with van der Waals surface area (Å²) in [6.07, 6.45) is 2.68. The molecule has 0 saturated carbocycles. The van der Waals surface area contributed by atoms with E-state index >= 15 is 0 Å². The zero-order valence-electron chi connectivity index (χ0n) is 12.4. The number of hydrogen-bond acceptors (Lipinski definition) is 1. The smallest absolute Gasteiger partial charge is 0.129 e. The maximum Gasteiger partial charge on any atom is 0.129 e. The van der Waals surface area contributed by atoms with Crippen LogP contribution in [0.25, 0.3) is 0 Å². The zero-order valence-corrected chi connectivity index (χ0v) is 12.4. The van der Waals surface area contributed by atoms with Gasteiger partial charge in [0, 0.05) is 12.1 Å². The van der Waals surface area contributed by atoms with Crippen LogP contribution < -0.4 is 5.32 Å². The first kappa shape index (κ1) is 16.1. The van der Waals surface area contributed by atoms with E-state index in [1.165, 1.54) is 6.07 Å². The highest BCUT2D eigenvalue weighted by Crippen LogP contribution is 2.23. The molecule has 0 bridgehead atoms. The van der Waals surface area contributed by atoms with Crippen molar-refractivity contribution in [2.45, 2.75) is 53.0 Å².